The number of halogens is 2. The summed E-state index contributed by atoms with van der Waals surface area (Å²) in [6, 6.07) is 5.92. The molecule has 3 rings (SSSR count). The van der Waals surface area contributed by atoms with Crippen LogP contribution >= 0.6 is 35.8 Å². The summed E-state index contributed by atoms with van der Waals surface area (Å²) in [4.78, 5) is 14.0. The molecule has 1 atom stereocenters. The van der Waals surface area contributed by atoms with Crippen LogP contribution in [0.2, 0.25) is 5.02 Å². The minimum absolute atomic E-state index is 0. The number of rotatable bonds is 3. The number of amides is 1. The van der Waals surface area contributed by atoms with Gasteiger partial charge in [0, 0.05) is 35.4 Å². The molecule has 2 heterocycles. The number of carbonyl (C=O) groups is 1. The van der Waals surface area contributed by atoms with Crippen LogP contribution in [0, 0.1) is 5.41 Å². The molecular formula is C16H22Cl2N2O2S. The van der Waals surface area contributed by atoms with Crippen LogP contribution in [0.5, 0.6) is 0 Å². The van der Waals surface area contributed by atoms with Crippen molar-refractivity contribution >= 4 is 41.7 Å². The SMILES string of the molecule is Cl.NCC1(C(=O)NC2CCSc3ccc(Cl)cc32)CCOCC1. The Labute approximate surface area is 152 Å². The fourth-order valence-electron chi connectivity index (χ4n) is 3.11. The highest BCUT2D eigenvalue weighted by molar-refractivity contribution is 7.99. The van der Waals surface area contributed by atoms with E-state index in [1.54, 1.807) is 0 Å². The van der Waals surface area contributed by atoms with Crippen LogP contribution in [0.4, 0.5) is 0 Å². The summed E-state index contributed by atoms with van der Waals surface area (Å²) in [6.07, 6.45) is 2.30. The maximum atomic E-state index is 12.8. The first-order valence-corrected chi connectivity index (χ1v) is 9.02. The first-order chi connectivity index (χ1) is 10.6. The van der Waals surface area contributed by atoms with Crippen molar-refractivity contribution in [2.24, 2.45) is 11.1 Å². The molecule has 1 amide bonds. The number of nitrogens with one attached hydrogen (secondary N) is 1. The van der Waals surface area contributed by atoms with Crippen molar-refractivity contribution in [2.45, 2.75) is 30.2 Å². The molecule has 7 heteroatoms. The van der Waals surface area contributed by atoms with Gasteiger partial charge in [-0.1, -0.05) is 11.6 Å². The average Bonchev–Trinajstić information content (AvgIpc) is 2.56. The monoisotopic (exact) mass is 376 g/mol. The fraction of sp³-hybridized carbons (Fsp3) is 0.562. The van der Waals surface area contributed by atoms with E-state index in [2.05, 4.69) is 5.32 Å². The van der Waals surface area contributed by atoms with Gasteiger partial charge in [0.2, 0.25) is 5.91 Å². The van der Waals surface area contributed by atoms with E-state index in [9.17, 15) is 4.79 Å². The van der Waals surface area contributed by atoms with Crippen LogP contribution in [-0.2, 0) is 9.53 Å². The Morgan fingerprint density at radius 3 is 2.87 bits per heavy atom. The van der Waals surface area contributed by atoms with Crippen molar-refractivity contribution in [1.82, 2.24) is 5.32 Å². The van der Waals surface area contributed by atoms with Crippen molar-refractivity contribution in [3.63, 3.8) is 0 Å². The van der Waals surface area contributed by atoms with Crippen molar-refractivity contribution < 1.29 is 9.53 Å². The summed E-state index contributed by atoms with van der Waals surface area (Å²) in [5, 5.41) is 3.93. The van der Waals surface area contributed by atoms with Crippen LogP contribution in [0.3, 0.4) is 0 Å². The molecule has 0 radical (unpaired) electrons. The lowest BCUT2D eigenvalue weighted by Crippen LogP contribution is -2.50. The highest BCUT2D eigenvalue weighted by atomic mass is 35.5. The summed E-state index contributed by atoms with van der Waals surface area (Å²) in [6.45, 7) is 1.58. The molecule has 3 N–H and O–H groups in total. The number of benzene rings is 1. The molecule has 0 bridgehead atoms. The molecular weight excluding hydrogens is 355 g/mol. The standard InChI is InChI=1S/C16H21ClN2O2S.ClH/c17-11-1-2-14-12(9-11)13(3-8-22-14)19-15(20)16(10-18)4-6-21-7-5-16;/h1-2,9,13H,3-8,10,18H2,(H,19,20);1H. The highest BCUT2D eigenvalue weighted by Crippen LogP contribution is 2.39. The Balaban J connectivity index is 0.00000192. The fourth-order valence-corrected chi connectivity index (χ4v) is 4.40. The third kappa shape index (κ3) is 3.97. The molecule has 0 aromatic heterocycles. The number of nitrogens with two attached hydrogens (primary N) is 1. The molecule has 1 unspecified atom stereocenters. The number of hydrogen-bond donors (Lipinski definition) is 2. The number of fused-ring (bicyclic) bond motifs is 1. The molecule has 0 spiro atoms. The Kier molecular flexibility index (Phi) is 6.63. The summed E-state index contributed by atoms with van der Waals surface area (Å²) >= 11 is 7.94. The number of hydrogen-bond acceptors (Lipinski definition) is 4. The van der Waals surface area contributed by atoms with Gasteiger partial charge in [0.1, 0.15) is 0 Å². The van der Waals surface area contributed by atoms with Gasteiger partial charge in [-0.2, -0.15) is 0 Å². The number of carbonyl (C=O) groups excluding carboxylic acids is 1. The van der Waals surface area contributed by atoms with Crippen molar-refractivity contribution in [3.8, 4) is 0 Å². The predicted octanol–water partition coefficient (Wildman–Crippen LogP) is 3.17. The molecule has 0 saturated carbocycles. The van der Waals surface area contributed by atoms with Crippen molar-refractivity contribution in [2.75, 3.05) is 25.5 Å². The summed E-state index contributed by atoms with van der Waals surface area (Å²) in [5.74, 6) is 1.05. The van der Waals surface area contributed by atoms with Crippen LogP contribution in [0.15, 0.2) is 23.1 Å². The molecule has 23 heavy (non-hydrogen) atoms. The van der Waals surface area contributed by atoms with Crippen LogP contribution < -0.4 is 11.1 Å². The first kappa shape index (κ1) is 18.9. The lowest BCUT2D eigenvalue weighted by atomic mass is 9.79. The molecule has 1 fully saturated rings. The van der Waals surface area contributed by atoms with Crippen LogP contribution in [0.1, 0.15) is 30.9 Å². The van der Waals surface area contributed by atoms with Gasteiger partial charge < -0.3 is 15.8 Å². The third-order valence-corrected chi connectivity index (χ3v) is 6.00. The Morgan fingerprint density at radius 2 is 2.17 bits per heavy atom. The van der Waals surface area contributed by atoms with E-state index >= 15 is 0 Å². The van der Waals surface area contributed by atoms with E-state index < -0.39 is 5.41 Å². The van der Waals surface area contributed by atoms with Crippen molar-refractivity contribution in [1.29, 1.82) is 0 Å². The second kappa shape index (κ2) is 8.08. The minimum Gasteiger partial charge on any atom is -0.381 e. The van der Waals surface area contributed by atoms with Gasteiger partial charge in [0.25, 0.3) is 0 Å². The molecule has 1 aromatic carbocycles. The average molecular weight is 377 g/mol. The van der Waals surface area contributed by atoms with E-state index in [-0.39, 0.29) is 24.4 Å². The maximum absolute atomic E-state index is 12.8. The molecule has 128 valence electrons. The van der Waals surface area contributed by atoms with Gasteiger partial charge in [-0.25, -0.2) is 0 Å². The van der Waals surface area contributed by atoms with Crippen LogP contribution in [0.25, 0.3) is 0 Å². The molecule has 4 nitrogen and oxygen atoms in total. The third-order valence-electron chi connectivity index (χ3n) is 4.64. The quantitative estimate of drug-likeness (QED) is 0.849. The van der Waals surface area contributed by atoms with E-state index in [0.717, 1.165) is 17.7 Å². The van der Waals surface area contributed by atoms with Crippen molar-refractivity contribution in [3.05, 3.63) is 28.8 Å². The highest BCUT2D eigenvalue weighted by Gasteiger charge is 2.40. The van der Waals surface area contributed by atoms with Gasteiger partial charge in [-0.3, -0.25) is 4.79 Å². The second-order valence-corrected chi connectivity index (χ2v) is 7.52. The minimum atomic E-state index is -0.485. The molecule has 1 aromatic rings. The second-order valence-electron chi connectivity index (χ2n) is 5.94. The van der Waals surface area contributed by atoms with E-state index in [1.807, 2.05) is 30.0 Å². The predicted molar refractivity (Wildman–Crippen MR) is 96.5 cm³/mol. The zero-order chi connectivity index (χ0) is 15.6. The Hall–Kier alpha value is -0.460. The van der Waals surface area contributed by atoms with Crippen LogP contribution in [-0.4, -0.2) is 31.4 Å². The van der Waals surface area contributed by atoms with Gasteiger partial charge in [0.05, 0.1) is 11.5 Å². The Bertz CT molecular complexity index is 565. The van der Waals surface area contributed by atoms with Gasteiger partial charge in [0.15, 0.2) is 0 Å². The largest absolute Gasteiger partial charge is 0.381 e. The normalized spacial score (nSPS) is 22.6. The van der Waals surface area contributed by atoms with Gasteiger partial charge >= 0.3 is 0 Å². The molecule has 0 aliphatic carbocycles. The zero-order valence-corrected chi connectivity index (χ0v) is 15.2. The van der Waals surface area contributed by atoms with Gasteiger partial charge in [-0.05, 0) is 43.0 Å². The molecule has 2 aliphatic rings. The van der Waals surface area contributed by atoms with E-state index in [0.29, 0.717) is 37.6 Å². The van der Waals surface area contributed by atoms with Gasteiger partial charge in [-0.15, -0.1) is 24.2 Å². The summed E-state index contributed by atoms with van der Waals surface area (Å²) < 4.78 is 5.38. The number of thioether (sulfide) groups is 1. The first-order valence-electron chi connectivity index (χ1n) is 7.66. The van der Waals surface area contributed by atoms with E-state index in [4.69, 9.17) is 22.1 Å². The lowest BCUT2D eigenvalue weighted by Gasteiger charge is -2.37. The smallest absolute Gasteiger partial charge is 0.228 e. The zero-order valence-electron chi connectivity index (χ0n) is 12.8. The molecule has 2 aliphatic heterocycles. The lowest BCUT2D eigenvalue weighted by molar-refractivity contribution is -0.136. The molecule has 1 saturated heterocycles. The summed E-state index contributed by atoms with van der Waals surface area (Å²) in [5.41, 5.74) is 6.56. The maximum Gasteiger partial charge on any atom is 0.228 e. The Morgan fingerprint density at radius 1 is 1.43 bits per heavy atom. The topological polar surface area (TPSA) is 64.4 Å². The number of ether oxygens (including phenoxy) is 1. The van der Waals surface area contributed by atoms with E-state index in [1.165, 1.54) is 4.90 Å². The summed E-state index contributed by atoms with van der Waals surface area (Å²) in [7, 11) is 0.